The summed E-state index contributed by atoms with van der Waals surface area (Å²) in [5.41, 5.74) is 1.09. The molecule has 1 aliphatic heterocycles. The summed E-state index contributed by atoms with van der Waals surface area (Å²) in [7, 11) is 3.35. The third-order valence-electron chi connectivity index (χ3n) is 3.47. The summed E-state index contributed by atoms with van der Waals surface area (Å²) in [6.07, 6.45) is 1.37. The Balaban J connectivity index is 2.14. The molecular formula is C14H20NO3+. The van der Waals surface area contributed by atoms with Crippen LogP contribution in [-0.2, 0) is 11.3 Å². The molecule has 0 unspecified atom stereocenters. The Morgan fingerprint density at radius 3 is 2.17 bits per heavy atom. The van der Waals surface area contributed by atoms with Gasteiger partial charge in [0.25, 0.3) is 0 Å². The number of likely N-dealkylation sites (tertiary alicyclic amines) is 1. The lowest BCUT2D eigenvalue weighted by molar-refractivity contribution is -0.915. The number of benzene rings is 1. The minimum atomic E-state index is 0.380. The standard InChI is InChI=1S/C14H19NO3/c1-17-13-4-3-5-14(18-2)12(13)10-15-8-6-11(16)7-9-15/h3-5H,6-10H2,1-2H3/p+1. The molecule has 0 bridgehead atoms. The summed E-state index contributed by atoms with van der Waals surface area (Å²) in [5, 5.41) is 0. The summed E-state index contributed by atoms with van der Waals surface area (Å²) in [6.45, 7) is 2.65. The van der Waals surface area contributed by atoms with E-state index in [0.717, 1.165) is 36.7 Å². The number of quaternary nitrogens is 1. The van der Waals surface area contributed by atoms with Gasteiger partial charge in [-0.1, -0.05) is 6.07 Å². The number of hydrogen-bond acceptors (Lipinski definition) is 3. The van der Waals surface area contributed by atoms with E-state index in [1.807, 2.05) is 18.2 Å². The lowest BCUT2D eigenvalue weighted by Gasteiger charge is -2.24. The van der Waals surface area contributed by atoms with Crippen LogP contribution in [0.25, 0.3) is 0 Å². The Morgan fingerprint density at radius 2 is 1.67 bits per heavy atom. The van der Waals surface area contributed by atoms with Crippen molar-refractivity contribution in [1.82, 2.24) is 0 Å². The van der Waals surface area contributed by atoms with Crippen molar-refractivity contribution in [3.8, 4) is 11.5 Å². The number of piperidine rings is 1. The molecule has 0 amide bonds. The molecule has 18 heavy (non-hydrogen) atoms. The normalized spacial score (nSPS) is 16.7. The molecule has 0 saturated carbocycles. The molecule has 4 heteroatoms. The first-order valence-corrected chi connectivity index (χ1v) is 6.29. The van der Waals surface area contributed by atoms with Gasteiger partial charge in [0.15, 0.2) is 0 Å². The fourth-order valence-electron chi connectivity index (χ4n) is 2.41. The molecule has 1 fully saturated rings. The third-order valence-corrected chi connectivity index (χ3v) is 3.47. The molecular weight excluding hydrogens is 230 g/mol. The molecule has 2 rings (SSSR count). The minimum Gasteiger partial charge on any atom is -0.496 e. The summed E-state index contributed by atoms with van der Waals surface area (Å²) < 4.78 is 10.8. The van der Waals surface area contributed by atoms with E-state index in [2.05, 4.69) is 0 Å². The van der Waals surface area contributed by atoms with Crippen LogP contribution >= 0.6 is 0 Å². The number of ketones is 1. The number of methoxy groups -OCH3 is 2. The van der Waals surface area contributed by atoms with E-state index in [9.17, 15) is 4.79 Å². The maximum absolute atomic E-state index is 11.2. The molecule has 0 aliphatic carbocycles. The van der Waals surface area contributed by atoms with Crippen molar-refractivity contribution in [2.75, 3.05) is 27.3 Å². The van der Waals surface area contributed by atoms with E-state index >= 15 is 0 Å². The topological polar surface area (TPSA) is 40.0 Å². The van der Waals surface area contributed by atoms with Crippen molar-refractivity contribution in [3.63, 3.8) is 0 Å². The van der Waals surface area contributed by atoms with Crippen molar-refractivity contribution in [2.24, 2.45) is 0 Å². The number of nitrogens with one attached hydrogen (secondary N) is 1. The highest BCUT2D eigenvalue weighted by molar-refractivity contribution is 5.78. The van der Waals surface area contributed by atoms with Crippen LogP contribution in [0.2, 0.25) is 0 Å². The first-order valence-electron chi connectivity index (χ1n) is 6.29. The first kappa shape index (κ1) is 12.9. The second-order valence-corrected chi connectivity index (χ2v) is 4.61. The van der Waals surface area contributed by atoms with Crippen LogP contribution in [0.5, 0.6) is 11.5 Å². The molecule has 1 aromatic carbocycles. The van der Waals surface area contributed by atoms with Gasteiger partial charge in [0.05, 0.1) is 45.7 Å². The van der Waals surface area contributed by atoms with E-state index < -0.39 is 0 Å². The molecule has 1 heterocycles. The van der Waals surface area contributed by atoms with Gasteiger partial charge in [-0.05, 0) is 12.1 Å². The van der Waals surface area contributed by atoms with Crippen molar-refractivity contribution in [3.05, 3.63) is 23.8 Å². The average molecular weight is 250 g/mol. The van der Waals surface area contributed by atoms with Crippen LogP contribution in [0.1, 0.15) is 18.4 Å². The molecule has 1 N–H and O–H groups in total. The number of hydrogen-bond donors (Lipinski definition) is 1. The Hall–Kier alpha value is -1.55. The maximum Gasteiger partial charge on any atom is 0.144 e. The van der Waals surface area contributed by atoms with Crippen molar-refractivity contribution in [2.45, 2.75) is 19.4 Å². The molecule has 0 radical (unpaired) electrons. The predicted octanol–water partition coefficient (Wildman–Crippen LogP) is 0.452. The van der Waals surface area contributed by atoms with Gasteiger partial charge in [-0.3, -0.25) is 4.79 Å². The molecule has 1 aliphatic rings. The van der Waals surface area contributed by atoms with Gasteiger partial charge in [0.1, 0.15) is 23.8 Å². The van der Waals surface area contributed by atoms with Gasteiger partial charge in [0, 0.05) is 0 Å². The summed E-state index contributed by atoms with van der Waals surface area (Å²) >= 11 is 0. The van der Waals surface area contributed by atoms with E-state index in [0.29, 0.717) is 18.6 Å². The van der Waals surface area contributed by atoms with Crippen LogP contribution in [0.3, 0.4) is 0 Å². The van der Waals surface area contributed by atoms with Gasteiger partial charge >= 0.3 is 0 Å². The van der Waals surface area contributed by atoms with Crippen molar-refractivity contribution < 1.29 is 19.2 Å². The van der Waals surface area contributed by atoms with Gasteiger partial charge in [-0.2, -0.15) is 0 Å². The van der Waals surface area contributed by atoms with Crippen molar-refractivity contribution in [1.29, 1.82) is 0 Å². The van der Waals surface area contributed by atoms with Gasteiger partial charge in [0.2, 0.25) is 0 Å². The summed E-state index contributed by atoms with van der Waals surface area (Å²) in [4.78, 5) is 12.7. The lowest BCUT2D eigenvalue weighted by atomic mass is 10.1. The Kier molecular flexibility index (Phi) is 4.20. The fourth-order valence-corrected chi connectivity index (χ4v) is 2.41. The van der Waals surface area contributed by atoms with Gasteiger partial charge < -0.3 is 14.4 Å². The predicted molar refractivity (Wildman–Crippen MR) is 68.2 cm³/mol. The average Bonchev–Trinajstić information content (AvgIpc) is 2.41. The number of ether oxygens (including phenoxy) is 2. The lowest BCUT2D eigenvalue weighted by Crippen LogP contribution is -3.11. The molecule has 1 aromatic rings. The van der Waals surface area contributed by atoms with Gasteiger partial charge in [-0.25, -0.2) is 0 Å². The number of rotatable bonds is 4. The second kappa shape index (κ2) is 5.87. The fraction of sp³-hybridized carbons (Fsp3) is 0.500. The zero-order valence-corrected chi connectivity index (χ0v) is 11.0. The number of carbonyl (C=O) groups excluding carboxylic acids is 1. The number of carbonyl (C=O) groups is 1. The van der Waals surface area contributed by atoms with Crippen LogP contribution in [-0.4, -0.2) is 33.1 Å². The maximum atomic E-state index is 11.2. The van der Waals surface area contributed by atoms with E-state index in [1.165, 1.54) is 4.90 Å². The Morgan fingerprint density at radius 1 is 1.11 bits per heavy atom. The monoisotopic (exact) mass is 250 g/mol. The summed E-state index contributed by atoms with van der Waals surface area (Å²) in [6, 6.07) is 5.83. The highest BCUT2D eigenvalue weighted by Gasteiger charge is 2.22. The Bertz CT molecular complexity index is 399. The molecule has 0 spiro atoms. The van der Waals surface area contributed by atoms with Crippen molar-refractivity contribution >= 4 is 5.78 Å². The van der Waals surface area contributed by atoms with E-state index in [-0.39, 0.29) is 0 Å². The van der Waals surface area contributed by atoms with Crippen LogP contribution in [0, 0.1) is 0 Å². The highest BCUT2D eigenvalue weighted by atomic mass is 16.5. The van der Waals surface area contributed by atoms with Gasteiger partial charge in [-0.15, -0.1) is 0 Å². The van der Waals surface area contributed by atoms with E-state index in [1.54, 1.807) is 14.2 Å². The number of Topliss-reactive ketones (excluding diaryl/α,β-unsaturated/α-hetero) is 1. The van der Waals surface area contributed by atoms with Crippen LogP contribution in [0.15, 0.2) is 18.2 Å². The molecule has 1 saturated heterocycles. The minimum absolute atomic E-state index is 0.380. The molecule has 4 nitrogen and oxygen atoms in total. The highest BCUT2D eigenvalue weighted by Crippen LogP contribution is 2.27. The quantitative estimate of drug-likeness (QED) is 0.843. The SMILES string of the molecule is COc1cccc(OC)c1C[NH+]1CCC(=O)CC1. The second-order valence-electron chi connectivity index (χ2n) is 4.61. The van der Waals surface area contributed by atoms with Crippen LogP contribution in [0.4, 0.5) is 0 Å². The zero-order valence-electron chi connectivity index (χ0n) is 11.0. The first-order chi connectivity index (χ1) is 8.74. The molecule has 0 aromatic heterocycles. The van der Waals surface area contributed by atoms with E-state index in [4.69, 9.17) is 9.47 Å². The molecule has 98 valence electrons. The molecule has 0 atom stereocenters. The largest absolute Gasteiger partial charge is 0.496 e. The third kappa shape index (κ3) is 2.82. The zero-order chi connectivity index (χ0) is 13.0. The smallest absolute Gasteiger partial charge is 0.144 e. The van der Waals surface area contributed by atoms with Crippen LogP contribution < -0.4 is 14.4 Å². The Labute approximate surface area is 107 Å². The summed E-state index contributed by atoms with van der Waals surface area (Å²) in [5.74, 6) is 2.10.